The van der Waals surface area contributed by atoms with Gasteiger partial charge in [0, 0.05) is 13.0 Å². The van der Waals surface area contributed by atoms with Crippen LogP contribution in [0.25, 0.3) is 0 Å². The number of aliphatic hydroxyl groups is 2. The molecule has 5 heteroatoms. The molecular formula is C20H32O5. The van der Waals surface area contributed by atoms with Gasteiger partial charge < -0.3 is 20.1 Å². The van der Waals surface area contributed by atoms with Gasteiger partial charge >= 0.3 is 5.97 Å². The van der Waals surface area contributed by atoms with Gasteiger partial charge in [-0.2, -0.15) is 0 Å². The van der Waals surface area contributed by atoms with E-state index in [9.17, 15) is 9.90 Å². The maximum absolute atomic E-state index is 10.4. The van der Waals surface area contributed by atoms with Crippen LogP contribution < -0.4 is 0 Å². The SMILES string of the molecule is O=C(O)CCC/C=C\C/C=C\C(O)C1OC1C/C=C\CCCCCO. The largest absolute Gasteiger partial charge is 0.481 e. The van der Waals surface area contributed by atoms with Gasteiger partial charge in [-0.25, -0.2) is 0 Å². The van der Waals surface area contributed by atoms with Crippen LogP contribution in [-0.4, -0.2) is 46.2 Å². The molecule has 1 aliphatic rings. The van der Waals surface area contributed by atoms with Crippen molar-refractivity contribution < 1.29 is 24.9 Å². The Morgan fingerprint density at radius 2 is 1.76 bits per heavy atom. The molecule has 0 radical (unpaired) electrons. The number of rotatable bonds is 15. The van der Waals surface area contributed by atoms with E-state index in [0.29, 0.717) is 6.42 Å². The summed E-state index contributed by atoms with van der Waals surface area (Å²) >= 11 is 0. The quantitative estimate of drug-likeness (QED) is 0.239. The van der Waals surface area contributed by atoms with Gasteiger partial charge in [0.05, 0.1) is 6.10 Å². The van der Waals surface area contributed by atoms with Gasteiger partial charge in [-0.05, 0) is 44.9 Å². The van der Waals surface area contributed by atoms with Gasteiger partial charge in [-0.15, -0.1) is 0 Å². The minimum Gasteiger partial charge on any atom is -0.481 e. The van der Waals surface area contributed by atoms with Gasteiger partial charge in [-0.3, -0.25) is 4.79 Å². The minimum atomic E-state index is -0.757. The predicted octanol–water partition coefficient (Wildman–Crippen LogP) is 3.37. The average Bonchev–Trinajstić information content (AvgIpc) is 3.35. The molecule has 3 unspecified atom stereocenters. The molecule has 0 aromatic rings. The average molecular weight is 352 g/mol. The molecule has 3 N–H and O–H groups in total. The highest BCUT2D eigenvalue weighted by molar-refractivity contribution is 5.66. The first-order valence-electron chi connectivity index (χ1n) is 9.28. The number of aliphatic carboxylic acids is 1. The number of carbonyl (C=O) groups is 1. The zero-order chi connectivity index (χ0) is 18.3. The van der Waals surface area contributed by atoms with E-state index in [-0.39, 0.29) is 25.2 Å². The molecule has 1 saturated heterocycles. The van der Waals surface area contributed by atoms with Crippen LogP contribution in [0.15, 0.2) is 36.5 Å². The van der Waals surface area contributed by atoms with Crippen LogP contribution in [0.2, 0.25) is 0 Å². The normalized spacial score (nSPS) is 21.5. The number of hydrogen-bond acceptors (Lipinski definition) is 4. The molecule has 0 saturated carbocycles. The maximum atomic E-state index is 10.4. The van der Waals surface area contributed by atoms with Gasteiger partial charge in [0.15, 0.2) is 0 Å². The zero-order valence-corrected chi connectivity index (χ0v) is 14.9. The maximum Gasteiger partial charge on any atom is 0.303 e. The third kappa shape index (κ3) is 11.7. The summed E-state index contributed by atoms with van der Waals surface area (Å²) in [4.78, 5) is 10.4. The fourth-order valence-electron chi connectivity index (χ4n) is 2.54. The molecule has 0 aromatic heterocycles. The molecule has 1 rings (SSSR count). The number of aliphatic hydroxyl groups excluding tert-OH is 2. The second kappa shape index (κ2) is 13.8. The van der Waals surface area contributed by atoms with Gasteiger partial charge in [0.1, 0.15) is 12.2 Å². The Bertz CT molecular complexity index is 441. The third-order valence-electron chi connectivity index (χ3n) is 4.06. The fourth-order valence-corrected chi connectivity index (χ4v) is 2.54. The molecule has 3 atom stereocenters. The van der Waals surface area contributed by atoms with Crippen molar-refractivity contribution >= 4 is 5.97 Å². The van der Waals surface area contributed by atoms with Crippen LogP contribution in [0, 0.1) is 0 Å². The van der Waals surface area contributed by atoms with Crippen LogP contribution >= 0.6 is 0 Å². The molecule has 1 aliphatic heterocycles. The Hall–Kier alpha value is -1.43. The summed E-state index contributed by atoms with van der Waals surface area (Å²) in [6.07, 6.45) is 18.6. The lowest BCUT2D eigenvalue weighted by Gasteiger charge is -1.99. The van der Waals surface area contributed by atoms with Crippen molar-refractivity contribution in [3.63, 3.8) is 0 Å². The standard InChI is InChI=1S/C20H32O5/c21-16-12-8-4-3-6-10-14-18-20(25-18)17(22)13-9-5-1-2-7-11-15-19(23)24/h1-2,6,9-10,13,17-18,20-22H,3-5,7-8,11-12,14-16H2,(H,23,24)/b2-1-,10-6-,13-9-. The van der Waals surface area contributed by atoms with Crippen LogP contribution in [-0.2, 0) is 9.53 Å². The topological polar surface area (TPSA) is 90.3 Å². The highest BCUT2D eigenvalue weighted by Gasteiger charge is 2.42. The molecule has 0 spiro atoms. The summed E-state index contributed by atoms with van der Waals surface area (Å²) in [5, 5.41) is 27.2. The first-order chi connectivity index (χ1) is 12.1. The Kier molecular flexibility index (Phi) is 11.9. The van der Waals surface area contributed by atoms with Crippen molar-refractivity contribution in [2.75, 3.05) is 6.61 Å². The van der Waals surface area contributed by atoms with Crippen molar-refractivity contribution in [1.29, 1.82) is 0 Å². The van der Waals surface area contributed by atoms with E-state index in [1.807, 2.05) is 18.2 Å². The third-order valence-corrected chi connectivity index (χ3v) is 4.06. The number of carboxylic acid groups (broad SMARTS) is 1. The first-order valence-corrected chi connectivity index (χ1v) is 9.28. The minimum absolute atomic E-state index is 0.102. The first kappa shape index (κ1) is 21.6. The fraction of sp³-hybridized carbons (Fsp3) is 0.650. The van der Waals surface area contributed by atoms with E-state index < -0.39 is 12.1 Å². The van der Waals surface area contributed by atoms with Gasteiger partial charge in [0.25, 0.3) is 0 Å². The summed E-state index contributed by atoms with van der Waals surface area (Å²) in [5.74, 6) is -0.757. The lowest BCUT2D eigenvalue weighted by Crippen LogP contribution is -2.13. The molecule has 0 aromatic carbocycles. The van der Waals surface area contributed by atoms with Crippen molar-refractivity contribution in [1.82, 2.24) is 0 Å². The Morgan fingerprint density at radius 1 is 1.00 bits per heavy atom. The van der Waals surface area contributed by atoms with Crippen molar-refractivity contribution in [3.05, 3.63) is 36.5 Å². The number of unbranched alkanes of at least 4 members (excludes halogenated alkanes) is 4. The smallest absolute Gasteiger partial charge is 0.303 e. The summed E-state index contributed by atoms with van der Waals surface area (Å²) in [7, 11) is 0. The number of allylic oxidation sites excluding steroid dienone is 4. The molecule has 1 fully saturated rings. The van der Waals surface area contributed by atoms with E-state index in [2.05, 4.69) is 12.2 Å². The van der Waals surface area contributed by atoms with Gasteiger partial charge in [0.2, 0.25) is 0 Å². The number of hydrogen-bond donors (Lipinski definition) is 3. The Balaban J connectivity index is 2.03. The van der Waals surface area contributed by atoms with Crippen LogP contribution in [0.4, 0.5) is 0 Å². The highest BCUT2D eigenvalue weighted by atomic mass is 16.6. The summed E-state index contributed by atoms with van der Waals surface area (Å²) in [5.41, 5.74) is 0. The second-order valence-corrected chi connectivity index (χ2v) is 6.33. The van der Waals surface area contributed by atoms with Gasteiger partial charge in [-0.1, -0.05) is 42.9 Å². The van der Waals surface area contributed by atoms with E-state index in [4.69, 9.17) is 14.9 Å². The Morgan fingerprint density at radius 3 is 2.52 bits per heavy atom. The molecular weight excluding hydrogens is 320 g/mol. The van der Waals surface area contributed by atoms with E-state index in [0.717, 1.165) is 44.9 Å². The van der Waals surface area contributed by atoms with E-state index >= 15 is 0 Å². The predicted molar refractivity (Wildman–Crippen MR) is 98.4 cm³/mol. The molecule has 0 amide bonds. The molecule has 0 bridgehead atoms. The molecule has 1 heterocycles. The van der Waals surface area contributed by atoms with Crippen molar-refractivity contribution in [2.45, 2.75) is 76.1 Å². The van der Waals surface area contributed by atoms with Crippen molar-refractivity contribution in [3.8, 4) is 0 Å². The van der Waals surface area contributed by atoms with Crippen LogP contribution in [0.1, 0.15) is 57.8 Å². The molecule has 5 nitrogen and oxygen atoms in total. The Labute approximate surface area is 150 Å². The highest BCUT2D eigenvalue weighted by Crippen LogP contribution is 2.29. The number of epoxide rings is 1. The monoisotopic (exact) mass is 352 g/mol. The lowest BCUT2D eigenvalue weighted by molar-refractivity contribution is -0.137. The molecule has 0 aliphatic carbocycles. The van der Waals surface area contributed by atoms with E-state index in [1.54, 1.807) is 6.08 Å². The van der Waals surface area contributed by atoms with E-state index in [1.165, 1.54) is 0 Å². The number of ether oxygens (including phenoxy) is 1. The van der Waals surface area contributed by atoms with Crippen LogP contribution in [0.3, 0.4) is 0 Å². The zero-order valence-electron chi connectivity index (χ0n) is 14.9. The summed E-state index contributed by atoms with van der Waals surface area (Å²) in [6, 6.07) is 0. The number of carboxylic acids is 1. The molecule has 25 heavy (non-hydrogen) atoms. The summed E-state index contributed by atoms with van der Waals surface area (Å²) < 4.78 is 5.50. The lowest BCUT2D eigenvalue weighted by atomic mass is 10.1. The second-order valence-electron chi connectivity index (χ2n) is 6.33. The van der Waals surface area contributed by atoms with Crippen LogP contribution in [0.5, 0.6) is 0 Å². The van der Waals surface area contributed by atoms with Crippen molar-refractivity contribution in [2.24, 2.45) is 0 Å². The summed E-state index contributed by atoms with van der Waals surface area (Å²) in [6.45, 7) is 0.271. The molecule has 142 valence electrons.